The first-order valence-electron chi connectivity index (χ1n) is 9.42. The summed E-state index contributed by atoms with van der Waals surface area (Å²) in [6.45, 7) is 1.32. The fraction of sp³-hybridized carbons (Fsp3) is 0.238. The lowest BCUT2D eigenvalue weighted by Gasteiger charge is -2.22. The highest BCUT2D eigenvalue weighted by atomic mass is 16.6. The van der Waals surface area contributed by atoms with Gasteiger partial charge < -0.3 is 19.7 Å². The highest BCUT2D eigenvalue weighted by Crippen LogP contribution is 2.35. The van der Waals surface area contributed by atoms with Gasteiger partial charge in [-0.3, -0.25) is 19.7 Å². The Morgan fingerprint density at radius 1 is 1.13 bits per heavy atom. The Bertz CT molecular complexity index is 1020. The molecule has 0 saturated carbocycles. The molecule has 9 nitrogen and oxygen atoms in total. The number of nitro groups is 1. The van der Waals surface area contributed by atoms with Crippen molar-refractivity contribution in [1.29, 1.82) is 0 Å². The summed E-state index contributed by atoms with van der Waals surface area (Å²) in [6.07, 6.45) is 3.11. The van der Waals surface area contributed by atoms with Crippen molar-refractivity contribution in [3.8, 4) is 11.5 Å². The third-order valence-corrected chi connectivity index (χ3v) is 4.84. The molecule has 1 atom stereocenters. The fourth-order valence-electron chi connectivity index (χ4n) is 3.38. The minimum Gasteiger partial charge on any atom is -0.486 e. The lowest BCUT2D eigenvalue weighted by atomic mass is 10.2. The second kappa shape index (κ2) is 8.24. The first kappa shape index (κ1) is 19.4. The molecule has 0 aliphatic carbocycles. The van der Waals surface area contributed by atoms with Gasteiger partial charge in [0.1, 0.15) is 13.2 Å². The number of carbonyl (C=O) groups excluding carboxylic acids is 2. The van der Waals surface area contributed by atoms with Crippen LogP contribution in [0.5, 0.6) is 11.5 Å². The zero-order chi connectivity index (χ0) is 21.1. The fourth-order valence-corrected chi connectivity index (χ4v) is 3.38. The van der Waals surface area contributed by atoms with Crippen LogP contribution in [0.4, 0.5) is 11.4 Å². The van der Waals surface area contributed by atoms with Crippen LogP contribution >= 0.6 is 0 Å². The summed E-state index contributed by atoms with van der Waals surface area (Å²) in [6, 6.07) is 10.9. The molecule has 0 bridgehead atoms. The molecule has 2 aliphatic rings. The quantitative estimate of drug-likeness (QED) is 0.461. The van der Waals surface area contributed by atoms with Gasteiger partial charge in [0.2, 0.25) is 11.8 Å². The van der Waals surface area contributed by atoms with E-state index in [1.807, 2.05) is 0 Å². The van der Waals surface area contributed by atoms with Crippen LogP contribution in [-0.2, 0) is 9.59 Å². The van der Waals surface area contributed by atoms with E-state index in [2.05, 4.69) is 5.32 Å². The van der Waals surface area contributed by atoms with Gasteiger partial charge in [0.15, 0.2) is 11.5 Å². The van der Waals surface area contributed by atoms with E-state index in [1.165, 1.54) is 18.2 Å². The Labute approximate surface area is 172 Å². The number of nitrogens with one attached hydrogen (secondary N) is 1. The summed E-state index contributed by atoms with van der Waals surface area (Å²) in [5.41, 5.74) is 1.35. The van der Waals surface area contributed by atoms with Gasteiger partial charge in [-0.25, -0.2) is 0 Å². The van der Waals surface area contributed by atoms with E-state index in [9.17, 15) is 19.7 Å². The van der Waals surface area contributed by atoms with Crippen LogP contribution < -0.4 is 19.7 Å². The number of anilines is 1. The van der Waals surface area contributed by atoms with E-state index in [-0.39, 0.29) is 30.0 Å². The monoisotopic (exact) mass is 409 g/mol. The van der Waals surface area contributed by atoms with Gasteiger partial charge in [0, 0.05) is 42.9 Å². The SMILES string of the molecule is O=C(C=Cc1ccc([N+](=O)[O-])cc1)NC1CC(=O)N(c2ccc3c(c2)OCCO3)C1. The molecule has 9 heteroatoms. The van der Waals surface area contributed by atoms with Gasteiger partial charge in [-0.05, 0) is 35.9 Å². The summed E-state index contributed by atoms with van der Waals surface area (Å²) in [5.74, 6) is 0.828. The minimum absolute atomic E-state index is 0.0136. The van der Waals surface area contributed by atoms with Crippen molar-refractivity contribution in [1.82, 2.24) is 5.32 Å². The molecule has 0 spiro atoms. The molecule has 0 aromatic heterocycles. The molecule has 1 fully saturated rings. The lowest BCUT2D eigenvalue weighted by Crippen LogP contribution is -2.36. The molecule has 2 aliphatic heterocycles. The molecular formula is C21H19N3O6. The van der Waals surface area contributed by atoms with Crippen molar-refractivity contribution in [2.45, 2.75) is 12.5 Å². The summed E-state index contributed by atoms with van der Waals surface area (Å²) in [4.78, 5) is 36.5. The largest absolute Gasteiger partial charge is 0.486 e. The Morgan fingerprint density at radius 3 is 2.60 bits per heavy atom. The number of non-ortho nitro benzene ring substituents is 1. The molecule has 30 heavy (non-hydrogen) atoms. The molecule has 1 unspecified atom stereocenters. The number of ether oxygens (including phenoxy) is 2. The van der Waals surface area contributed by atoms with Gasteiger partial charge in [0.25, 0.3) is 5.69 Å². The average Bonchev–Trinajstić information content (AvgIpc) is 3.12. The zero-order valence-corrected chi connectivity index (χ0v) is 15.9. The van der Waals surface area contributed by atoms with Crippen molar-refractivity contribution in [3.63, 3.8) is 0 Å². The highest BCUT2D eigenvalue weighted by Gasteiger charge is 2.32. The van der Waals surface area contributed by atoms with Crippen LogP contribution in [0.25, 0.3) is 6.08 Å². The molecule has 4 rings (SSSR count). The van der Waals surface area contributed by atoms with Crippen LogP contribution in [0.1, 0.15) is 12.0 Å². The van der Waals surface area contributed by atoms with Gasteiger partial charge >= 0.3 is 0 Å². The van der Waals surface area contributed by atoms with Gasteiger partial charge in [0.05, 0.1) is 11.0 Å². The molecular weight excluding hydrogens is 390 g/mol. The molecule has 2 heterocycles. The number of hydrogen-bond acceptors (Lipinski definition) is 6. The number of amides is 2. The Hall–Kier alpha value is -3.88. The van der Waals surface area contributed by atoms with Crippen LogP contribution in [0.2, 0.25) is 0 Å². The molecule has 154 valence electrons. The van der Waals surface area contributed by atoms with E-state index in [4.69, 9.17) is 9.47 Å². The predicted octanol–water partition coefficient (Wildman–Crippen LogP) is 2.30. The third-order valence-electron chi connectivity index (χ3n) is 4.84. The van der Waals surface area contributed by atoms with Crippen molar-refractivity contribution >= 4 is 29.3 Å². The first-order chi connectivity index (χ1) is 14.5. The van der Waals surface area contributed by atoms with Crippen molar-refractivity contribution < 1.29 is 24.0 Å². The van der Waals surface area contributed by atoms with Crippen LogP contribution in [-0.4, -0.2) is 42.5 Å². The molecule has 2 amide bonds. The van der Waals surface area contributed by atoms with Crippen LogP contribution in [0.3, 0.4) is 0 Å². The normalized spacial score (nSPS) is 17.9. The maximum Gasteiger partial charge on any atom is 0.269 e. The van der Waals surface area contributed by atoms with Crippen molar-refractivity contribution in [3.05, 3.63) is 64.2 Å². The van der Waals surface area contributed by atoms with Gasteiger partial charge in [-0.1, -0.05) is 0 Å². The smallest absolute Gasteiger partial charge is 0.269 e. The van der Waals surface area contributed by atoms with E-state index >= 15 is 0 Å². The molecule has 0 radical (unpaired) electrons. The first-order valence-corrected chi connectivity index (χ1v) is 9.42. The second-order valence-electron chi connectivity index (χ2n) is 6.92. The predicted molar refractivity (Wildman–Crippen MR) is 108 cm³/mol. The van der Waals surface area contributed by atoms with Crippen LogP contribution in [0, 0.1) is 10.1 Å². The molecule has 1 saturated heterocycles. The average molecular weight is 409 g/mol. The van der Waals surface area contributed by atoms with Crippen molar-refractivity contribution in [2.24, 2.45) is 0 Å². The number of rotatable bonds is 5. The van der Waals surface area contributed by atoms with E-state index in [0.717, 1.165) is 0 Å². The van der Waals surface area contributed by atoms with E-state index in [0.29, 0.717) is 42.5 Å². The second-order valence-corrected chi connectivity index (χ2v) is 6.92. The summed E-state index contributed by atoms with van der Waals surface area (Å²) in [5, 5.41) is 13.5. The number of fused-ring (bicyclic) bond motifs is 1. The van der Waals surface area contributed by atoms with Crippen molar-refractivity contribution in [2.75, 3.05) is 24.7 Å². The minimum atomic E-state index is -0.481. The number of carbonyl (C=O) groups is 2. The van der Waals surface area contributed by atoms with Crippen LogP contribution in [0.15, 0.2) is 48.5 Å². The van der Waals surface area contributed by atoms with E-state index < -0.39 is 4.92 Å². The number of hydrogen-bond donors (Lipinski definition) is 1. The number of nitrogens with zero attached hydrogens (tertiary/aromatic N) is 2. The molecule has 1 N–H and O–H groups in total. The summed E-state index contributed by atoms with van der Waals surface area (Å²) >= 11 is 0. The third kappa shape index (κ3) is 4.24. The molecule has 2 aromatic rings. The lowest BCUT2D eigenvalue weighted by molar-refractivity contribution is -0.384. The Kier molecular flexibility index (Phi) is 5.34. The summed E-state index contributed by atoms with van der Waals surface area (Å²) < 4.78 is 11.1. The highest BCUT2D eigenvalue weighted by molar-refractivity contribution is 5.98. The maximum absolute atomic E-state index is 12.4. The molecule has 2 aromatic carbocycles. The topological polar surface area (TPSA) is 111 Å². The Balaban J connectivity index is 1.36. The Morgan fingerprint density at radius 2 is 1.87 bits per heavy atom. The summed E-state index contributed by atoms with van der Waals surface area (Å²) in [7, 11) is 0. The standard InChI is InChI=1S/C21H19N3O6/c25-20(8-3-14-1-4-16(5-2-14)24(27)28)22-15-11-21(26)23(13-15)17-6-7-18-19(12-17)30-10-9-29-18/h1-8,12,15H,9-11,13H2,(H,22,25). The number of nitro benzene ring substituents is 1. The maximum atomic E-state index is 12.4. The zero-order valence-electron chi connectivity index (χ0n) is 15.9. The number of benzene rings is 2. The van der Waals surface area contributed by atoms with E-state index in [1.54, 1.807) is 41.3 Å². The van der Waals surface area contributed by atoms with Gasteiger partial charge in [-0.2, -0.15) is 0 Å². The van der Waals surface area contributed by atoms with Gasteiger partial charge in [-0.15, -0.1) is 0 Å².